The molecule has 2 aliphatic heterocycles. The number of likely N-dealkylation sites (N-methyl/N-ethyl adjacent to an activating group) is 1. The number of ether oxygens (including phenoxy) is 1. The molecule has 37 heavy (non-hydrogen) atoms. The van der Waals surface area contributed by atoms with Gasteiger partial charge in [0, 0.05) is 19.6 Å². The zero-order valence-corrected chi connectivity index (χ0v) is 22.1. The smallest absolute Gasteiger partial charge is 0.327 e. The Morgan fingerprint density at radius 3 is 2.11 bits per heavy atom. The Labute approximate surface area is 219 Å². The van der Waals surface area contributed by atoms with Gasteiger partial charge >= 0.3 is 6.03 Å². The molecule has 2 aromatic carbocycles. The van der Waals surface area contributed by atoms with Gasteiger partial charge in [-0.25, -0.2) is 9.69 Å². The third kappa shape index (κ3) is 5.55. The minimum Gasteiger partial charge on any atom is -0.347 e. The third-order valence-electron chi connectivity index (χ3n) is 7.80. The van der Waals surface area contributed by atoms with Crippen LogP contribution in [0.15, 0.2) is 60.7 Å². The quantitative estimate of drug-likeness (QED) is 0.553. The SMILES string of the molecule is CCC1(CC)C(=O)N(C(=O)NC(c2ccccc2)c2ccccc2)C1OCC(=O)N1CCCN(C)CC1. The predicted octanol–water partition coefficient (Wildman–Crippen LogP) is 3.64. The van der Waals surface area contributed by atoms with Crippen LogP contribution in [0.3, 0.4) is 0 Å². The molecule has 1 N–H and O–H groups in total. The topological polar surface area (TPSA) is 82.2 Å². The summed E-state index contributed by atoms with van der Waals surface area (Å²) in [5.41, 5.74) is 1.00. The summed E-state index contributed by atoms with van der Waals surface area (Å²) in [6.45, 7) is 6.79. The van der Waals surface area contributed by atoms with Crippen molar-refractivity contribution in [3.63, 3.8) is 0 Å². The summed E-state index contributed by atoms with van der Waals surface area (Å²) in [6.07, 6.45) is 1.17. The van der Waals surface area contributed by atoms with E-state index in [9.17, 15) is 14.4 Å². The van der Waals surface area contributed by atoms with Crippen molar-refractivity contribution < 1.29 is 19.1 Å². The molecule has 8 nitrogen and oxygen atoms in total. The summed E-state index contributed by atoms with van der Waals surface area (Å²) in [5.74, 6) is -0.369. The number of carbonyl (C=O) groups excluding carboxylic acids is 3. The van der Waals surface area contributed by atoms with E-state index in [2.05, 4.69) is 17.3 Å². The third-order valence-corrected chi connectivity index (χ3v) is 7.80. The van der Waals surface area contributed by atoms with E-state index in [1.54, 1.807) is 0 Å². The molecule has 2 fully saturated rings. The van der Waals surface area contributed by atoms with Crippen molar-refractivity contribution in [2.45, 2.75) is 45.4 Å². The lowest BCUT2D eigenvalue weighted by Crippen LogP contribution is -2.73. The Hall–Kier alpha value is -3.23. The highest BCUT2D eigenvalue weighted by molar-refractivity contribution is 6.03. The predicted molar refractivity (Wildman–Crippen MR) is 142 cm³/mol. The van der Waals surface area contributed by atoms with E-state index >= 15 is 0 Å². The van der Waals surface area contributed by atoms with Gasteiger partial charge in [0.15, 0.2) is 6.23 Å². The summed E-state index contributed by atoms with van der Waals surface area (Å²) in [5, 5.41) is 3.05. The number of amides is 4. The Bertz CT molecular complexity index is 1030. The second-order valence-corrected chi connectivity index (χ2v) is 9.94. The zero-order chi connectivity index (χ0) is 26.4. The monoisotopic (exact) mass is 506 g/mol. The number of rotatable bonds is 8. The molecule has 2 aromatic rings. The molecule has 0 bridgehead atoms. The maximum atomic E-state index is 13.6. The van der Waals surface area contributed by atoms with Crippen LogP contribution in [0.4, 0.5) is 4.79 Å². The van der Waals surface area contributed by atoms with Gasteiger partial charge in [-0.1, -0.05) is 74.5 Å². The minimum absolute atomic E-state index is 0.109. The molecule has 1 unspecified atom stereocenters. The molecule has 2 heterocycles. The van der Waals surface area contributed by atoms with Crippen LogP contribution in [0.5, 0.6) is 0 Å². The average molecular weight is 507 g/mol. The number of urea groups is 1. The van der Waals surface area contributed by atoms with E-state index in [1.807, 2.05) is 79.4 Å². The molecule has 198 valence electrons. The lowest BCUT2D eigenvalue weighted by molar-refractivity contribution is -0.212. The summed E-state index contributed by atoms with van der Waals surface area (Å²) in [6, 6.07) is 18.4. The highest BCUT2D eigenvalue weighted by Gasteiger charge is 2.62. The van der Waals surface area contributed by atoms with Crippen molar-refractivity contribution in [1.82, 2.24) is 20.0 Å². The van der Waals surface area contributed by atoms with Gasteiger partial charge in [0.25, 0.3) is 0 Å². The number of β-lactam (4-membered cyclic amide) rings is 1. The lowest BCUT2D eigenvalue weighted by Gasteiger charge is -2.53. The van der Waals surface area contributed by atoms with Crippen LogP contribution in [0, 0.1) is 5.41 Å². The normalized spacial score (nSPS) is 19.9. The first-order valence-electron chi connectivity index (χ1n) is 13.2. The second kappa shape index (κ2) is 11.9. The molecule has 4 rings (SSSR count). The van der Waals surface area contributed by atoms with Crippen LogP contribution in [0.2, 0.25) is 0 Å². The minimum atomic E-state index is -0.814. The van der Waals surface area contributed by atoms with Gasteiger partial charge < -0.3 is 19.9 Å². The summed E-state index contributed by atoms with van der Waals surface area (Å²) in [7, 11) is 2.05. The molecular formula is C29H38N4O4. The number of likely N-dealkylation sites (tertiary alicyclic amines) is 1. The molecule has 0 radical (unpaired) electrons. The Morgan fingerprint density at radius 2 is 1.54 bits per heavy atom. The first-order valence-corrected chi connectivity index (χ1v) is 13.2. The van der Waals surface area contributed by atoms with Gasteiger partial charge in [0.2, 0.25) is 11.8 Å². The molecule has 0 aliphatic carbocycles. The van der Waals surface area contributed by atoms with E-state index in [1.165, 1.54) is 0 Å². The van der Waals surface area contributed by atoms with E-state index in [4.69, 9.17) is 4.74 Å². The molecule has 0 saturated carbocycles. The Morgan fingerprint density at radius 1 is 0.946 bits per heavy atom. The fourth-order valence-corrected chi connectivity index (χ4v) is 5.35. The first kappa shape index (κ1) is 26.8. The number of nitrogens with zero attached hydrogens (tertiary/aromatic N) is 3. The molecule has 1 atom stereocenters. The molecule has 2 saturated heterocycles. The molecule has 4 amide bonds. The van der Waals surface area contributed by atoms with Gasteiger partial charge in [-0.05, 0) is 44.0 Å². The van der Waals surface area contributed by atoms with E-state index < -0.39 is 23.7 Å². The molecule has 8 heteroatoms. The molecule has 0 spiro atoms. The maximum Gasteiger partial charge on any atom is 0.327 e. The van der Waals surface area contributed by atoms with Gasteiger partial charge in [-0.15, -0.1) is 0 Å². The van der Waals surface area contributed by atoms with Crippen LogP contribution >= 0.6 is 0 Å². The van der Waals surface area contributed by atoms with Crippen LogP contribution < -0.4 is 5.32 Å². The number of hydrogen-bond acceptors (Lipinski definition) is 5. The number of nitrogens with one attached hydrogen (secondary N) is 1. The number of imide groups is 1. The summed E-state index contributed by atoms with van der Waals surface area (Å²) in [4.78, 5) is 45.1. The van der Waals surface area contributed by atoms with Crippen LogP contribution in [-0.4, -0.2) is 78.6 Å². The molecular weight excluding hydrogens is 468 g/mol. The molecule has 0 aromatic heterocycles. The van der Waals surface area contributed by atoms with Gasteiger partial charge in [-0.2, -0.15) is 0 Å². The fourth-order valence-electron chi connectivity index (χ4n) is 5.35. The highest BCUT2D eigenvalue weighted by Crippen LogP contribution is 2.46. The van der Waals surface area contributed by atoms with Gasteiger partial charge in [0.1, 0.15) is 6.61 Å². The van der Waals surface area contributed by atoms with Crippen LogP contribution in [0.1, 0.15) is 50.3 Å². The van der Waals surface area contributed by atoms with Crippen molar-refractivity contribution >= 4 is 17.8 Å². The summed E-state index contributed by atoms with van der Waals surface area (Å²) < 4.78 is 6.10. The second-order valence-electron chi connectivity index (χ2n) is 9.94. The average Bonchev–Trinajstić information content (AvgIpc) is 3.15. The van der Waals surface area contributed by atoms with Crippen molar-refractivity contribution in [2.24, 2.45) is 5.41 Å². The van der Waals surface area contributed by atoms with Crippen molar-refractivity contribution in [1.29, 1.82) is 0 Å². The van der Waals surface area contributed by atoms with Crippen molar-refractivity contribution in [3.05, 3.63) is 71.8 Å². The Balaban J connectivity index is 1.51. The summed E-state index contributed by atoms with van der Waals surface area (Å²) >= 11 is 0. The van der Waals surface area contributed by atoms with E-state index in [0.29, 0.717) is 25.9 Å². The standard InChI is InChI=1S/C29H38N4O4/c1-4-29(5-2)26(35)33(27(29)37-21-24(34)32-18-12-17-31(3)19-20-32)28(36)30-25(22-13-8-6-9-14-22)23-15-10-7-11-16-23/h6-11,13-16,25,27H,4-5,12,17-21H2,1-3H3,(H,30,36). The van der Waals surface area contributed by atoms with Crippen LogP contribution in [-0.2, 0) is 14.3 Å². The fraction of sp³-hybridized carbons (Fsp3) is 0.483. The van der Waals surface area contributed by atoms with Gasteiger partial charge in [-0.3, -0.25) is 9.59 Å². The largest absolute Gasteiger partial charge is 0.347 e. The first-order chi connectivity index (χ1) is 17.9. The number of benzene rings is 2. The van der Waals surface area contributed by atoms with E-state index in [0.717, 1.165) is 35.5 Å². The number of carbonyl (C=O) groups is 3. The van der Waals surface area contributed by atoms with Crippen LogP contribution in [0.25, 0.3) is 0 Å². The Kier molecular flexibility index (Phi) is 8.61. The zero-order valence-electron chi connectivity index (χ0n) is 22.1. The van der Waals surface area contributed by atoms with E-state index in [-0.39, 0.29) is 18.4 Å². The highest BCUT2D eigenvalue weighted by atomic mass is 16.5. The number of hydrogen-bond donors (Lipinski definition) is 1. The maximum absolute atomic E-state index is 13.6. The lowest BCUT2D eigenvalue weighted by atomic mass is 9.72. The van der Waals surface area contributed by atoms with Crippen molar-refractivity contribution in [2.75, 3.05) is 39.8 Å². The van der Waals surface area contributed by atoms with Gasteiger partial charge in [0.05, 0.1) is 11.5 Å². The van der Waals surface area contributed by atoms with Crippen molar-refractivity contribution in [3.8, 4) is 0 Å². The molecule has 2 aliphatic rings.